The van der Waals surface area contributed by atoms with Gasteiger partial charge in [0.15, 0.2) is 6.79 Å². The van der Waals surface area contributed by atoms with E-state index in [0.29, 0.717) is 17.8 Å². The standard InChI is InChI=1S/C12H16O4/c1-15-5-16-10(14)11-2-6-3-12(6)8(11)7(4-11)9(12)13/h6-9,13H,2-5H2,1H3. The van der Waals surface area contributed by atoms with E-state index in [4.69, 9.17) is 9.47 Å². The molecule has 0 aliphatic heterocycles. The molecule has 1 N–H and O–H groups in total. The van der Waals surface area contributed by atoms with Gasteiger partial charge in [-0.05, 0) is 37.0 Å². The Balaban J connectivity index is 1.57. The number of aliphatic hydroxyl groups is 1. The maximum atomic E-state index is 12.0. The lowest BCUT2D eigenvalue weighted by molar-refractivity contribution is -0.246. The maximum absolute atomic E-state index is 12.0. The Labute approximate surface area is 93.9 Å². The van der Waals surface area contributed by atoms with E-state index < -0.39 is 0 Å². The molecule has 0 heterocycles. The Morgan fingerprint density at radius 2 is 2.25 bits per heavy atom. The van der Waals surface area contributed by atoms with E-state index >= 15 is 0 Å². The van der Waals surface area contributed by atoms with Crippen LogP contribution in [0.2, 0.25) is 0 Å². The van der Waals surface area contributed by atoms with E-state index in [-0.39, 0.29) is 29.7 Å². The van der Waals surface area contributed by atoms with E-state index in [0.717, 1.165) is 19.3 Å². The lowest BCUT2D eigenvalue weighted by atomic mass is 9.40. The third kappa shape index (κ3) is 0.695. The highest BCUT2D eigenvalue weighted by molar-refractivity contribution is 5.81. The Hall–Kier alpha value is -0.610. The molecule has 4 heteroatoms. The molecule has 4 fully saturated rings. The Kier molecular flexibility index (Phi) is 1.45. The second-order valence-corrected chi connectivity index (χ2v) is 6.00. The summed E-state index contributed by atoms with van der Waals surface area (Å²) in [7, 11) is 1.52. The fraction of sp³-hybridized carbons (Fsp3) is 0.917. The van der Waals surface area contributed by atoms with Crippen LogP contribution >= 0.6 is 0 Å². The molecule has 4 rings (SSSR count). The number of rotatable bonds is 3. The highest BCUT2D eigenvalue weighted by atomic mass is 16.7. The highest BCUT2D eigenvalue weighted by Gasteiger charge is 2.90. The molecule has 0 radical (unpaired) electrons. The first kappa shape index (κ1) is 9.42. The van der Waals surface area contributed by atoms with Crippen molar-refractivity contribution in [2.45, 2.75) is 25.4 Å². The summed E-state index contributed by atoms with van der Waals surface area (Å²) >= 11 is 0. The van der Waals surface area contributed by atoms with Crippen molar-refractivity contribution in [3.8, 4) is 0 Å². The van der Waals surface area contributed by atoms with E-state index in [1.807, 2.05) is 0 Å². The number of aliphatic hydroxyl groups excluding tert-OH is 1. The summed E-state index contributed by atoms with van der Waals surface area (Å²) in [5, 5.41) is 10.0. The topological polar surface area (TPSA) is 55.8 Å². The maximum Gasteiger partial charge on any atom is 0.314 e. The fourth-order valence-electron chi connectivity index (χ4n) is 5.16. The largest absolute Gasteiger partial charge is 0.438 e. The van der Waals surface area contributed by atoms with Crippen molar-refractivity contribution in [3.05, 3.63) is 0 Å². The van der Waals surface area contributed by atoms with Gasteiger partial charge in [-0.25, -0.2) is 0 Å². The van der Waals surface area contributed by atoms with Crippen LogP contribution in [0.1, 0.15) is 19.3 Å². The lowest BCUT2D eigenvalue weighted by Crippen LogP contribution is -2.68. The van der Waals surface area contributed by atoms with E-state index in [2.05, 4.69) is 0 Å². The van der Waals surface area contributed by atoms with Crippen molar-refractivity contribution in [2.75, 3.05) is 13.9 Å². The summed E-state index contributed by atoms with van der Waals surface area (Å²) < 4.78 is 9.91. The van der Waals surface area contributed by atoms with Gasteiger partial charge in [0.1, 0.15) is 0 Å². The van der Waals surface area contributed by atoms with E-state index in [1.165, 1.54) is 7.11 Å². The molecule has 0 saturated heterocycles. The van der Waals surface area contributed by atoms with Crippen LogP contribution in [0.5, 0.6) is 0 Å². The summed E-state index contributed by atoms with van der Waals surface area (Å²) in [6, 6.07) is 0. The molecule has 88 valence electrons. The summed E-state index contributed by atoms with van der Waals surface area (Å²) in [4.78, 5) is 12.0. The molecule has 1 spiro atoms. The Bertz CT molecular complexity index is 381. The second-order valence-electron chi connectivity index (χ2n) is 6.00. The van der Waals surface area contributed by atoms with Crippen molar-refractivity contribution < 1.29 is 19.4 Å². The zero-order chi connectivity index (χ0) is 11.1. The molecule has 0 amide bonds. The minimum atomic E-state index is -0.245. The number of carbonyl (C=O) groups is 1. The molecule has 4 aliphatic rings. The predicted molar refractivity (Wildman–Crippen MR) is 53.2 cm³/mol. The van der Waals surface area contributed by atoms with Gasteiger partial charge in [0, 0.05) is 12.5 Å². The van der Waals surface area contributed by atoms with Crippen LogP contribution in [0, 0.1) is 28.6 Å². The Morgan fingerprint density at radius 1 is 1.44 bits per heavy atom. The van der Waals surface area contributed by atoms with Gasteiger partial charge in [0.05, 0.1) is 11.5 Å². The average Bonchev–Trinajstić information content (AvgIpc) is 2.92. The van der Waals surface area contributed by atoms with Crippen molar-refractivity contribution in [3.63, 3.8) is 0 Å². The number of hydrogen-bond acceptors (Lipinski definition) is 4. The minimum Gasteiger partial charge on any atom is -0.438 e. The van der Waals surface area contributed by atoms with Crippen molar-refractivity contribution in [1.29, 1.82) is 0 Å². The molecule has 0 bridgehead atoms. The van der Waals surface area contributed by atoms with Crippen LogP contribution in [-0.4, -0.2) is 31.1 Å². The minimum absolute atomic E-state index is 0.0538. The van der Waals surface area contributed by atoms with Crippen LogP contribution < -0.4 is 0 Å². The first-order valence-electron chi connectivity index (χ1n) is 6.01. The molecule has 0 aromatic rings. The second kappa shape index (κ2) is 2.46. The first-order valence-corrected chi connectivity index (χ1v) is 6.01. The molecule has 0 aromatic heterocycles. The Morgan fingerprint density at radius 3 is 3.00 bits per heavy atom. The van der Waals surface area contributed by atoms with Gasteiger partial charge in [0.2, 0.25) is 0 Å². The normalized spacial score (nSPS) is 59.1. The SMILES string of the molecule is COCOC(=O)C12CC3C(O)C4(CC4C1)C32. The van der Waals surface area contributed by atoms with Gasteiger partial charge in [-0.15, -0.1) is 0 Å². The number of esters is 1. The molecule has 4 aliphatic carbocycles. The van der Waals surface area contributed by atoms with Gasteiger partial charge in [-0.3, -0.25) is 4.79 Å². The van der Waals surface area contributed by atoms with Crippen LogP contribution in [0.15, 0.2) is 0 Å². The molecular weight excluding hydrogens is 208 g/mol. The first-order chi connectivity index (χ1) is 7.67. The third-order valence-corrected chi connectivity index (χ3v) is 5.68. The van der Waals surface area contributed by atoms with E-state index in [9.17, 15) is 9.90 Å². The number of hydrogen-bond donors (Lipinski definition) is 1. The number of ether oxygens (including phenoxy) is 2. The molecule has 0 aromatic carbocycles. The van der Waals surface area contributed by atoms with Crippen molar-refractivity contribution in [1.82, 2.24) is 0 Å². The summed E-state index contributed by atoms with van der Waals surface area (Å²) in [5.74, 6) is 1.29. The summed E-state index contributed by atoms with van der Waals surface area (Å²) in [5.41, 5.74) is -0.111. The van der Waals surface area contributed by atoms with Gasteiger partial charge < -0.3 is 14.6 Å². The average molecular weight is 224 g/mol. The molecule has 16 heavy (non-hydrogen) atoms. The monoisotopic (exact) mass is 224 g/mol. The third-order valence-electron chi connectivity index (χ3n) is 5.68. The van der Waals surface area contributed by atoms with Gasteiger partial charge >= 0.3 is 5.97 Å². The molecule has 6 atom stereocenters. The van der Waals surface area contributed by atoms with E-state index in [1.54, 1.807) is 0 Å². The number of methoxy groups -OCH3 is 1. The van der Waals surface area contributed by atoms with Crippen molar-refractivity contribution in [2.24, 2.45) is 28.6 Å². The van der Waals surface area contributed by atoms with Crippen LogP contribution in [0.3, 0.4) is 0 Å². The molecule has 6 unspecified atom stereocenters. The molecular formula is C12H16O4. The quantitative estimate of drug-likeness (QED) is 0.561. The molecule has 4 saturated carbocycles. The summed E-state index contributed by atoms with van der Waals surface area (Å²) in [6.45, 7) is 0.0538. The van der Waals surface area contributed by atoms with Crippen LogP contribution in [0.4, 0.5) is 0 Å². The van der Waals surface area contributed by atoms with Crippen LogP contribution in [0.25, 0.3) is 0 Å². The summed E-state index contributed by atoms with van der Waals surface area (Å²) in [6.07, 6.45) is 2.77. The lowest BCUT2D eigenvalue weighted by Gasteiger charge is -2.64. The molecule has 4 nitrogen and oxygen atoms in total. The van der Waals surface area contributed by atoms with Gasteiger partial charge in [0.25, 0.3) is 0 Å². The highest BCUT2D eigenvalue weighted by Crippen LogP contribution is 2.89. The van der Waals surface area contributed by atoms with Gasteiger partial charge in [-0.2, -0.15) is 0 Å². The van der Waals surface area contributed by atoms with Gasteiger partial charge in [-0.1, -0.05) is 0 Å². The fourth-order valence-corrected chi connectivity index (χ4v) is 5.16. The predicted octanol–water partition coefficient (Wildman–Crippen LogP) is 0.540. The zero-order valence-electron chi connectivity index (χ0n) is 9.31. The van der Waals surface area contributed by atoms with Crippen LogP contribution in [-0.2, 0) is 14.3 Å². The zero-order valence-corrected chi connectivity index (χ0v) is 9.31. The smallest absolute Gasteiger partial charge is 0.314 e. The number of carbonyl (C=O) groups excluding carboxylic acids is 1. The van der Waals surface area contributed by atoms with Crippen molar-refractivity contribution >= 4 is 5.97 Å².